The number of rotatable bonds is 7. The summed E-state index contributed by atoms with van der Waals surface area (Å²) in [6.45, 7) is -1.83. The summed E-state index contributed by atoms with van der Waals surface area (Å²) in [6.07, 6.45) is 1.21. The molecule has 2 aliphatic rings. The molecule has 1 atom stereocenters. The van der Waals surface area contributed by atoms with Gasteiger partial charge in [0, 0.05) is 49.2 Å². The number of carbonyl (C=O) groups is 1. The lowest BCUT2D eigenvalue weighted by atomic mass is 10.0. The van der Waals surface area contributed by atoms with Crippen LogP contribution in [0.15, 0.2) is 30.7 Å². The van der Waals surface area contributed by atoms with E-state index in [1.165, 1.54) is 13.2 Å². The highest BCUT2D eigenvalue weighted by molar-refractivity contribution is 6.05. The van der Waals surface area contributed by atoms with E-state index in [1.54, 1.807) is 22.0 Å². The fourth-order valence-electron chi connectivity index (χ4n) is 4.30. The van der Waals surface area contributed by atoms with Crippen molar-refractivity contribution in [1.82, 2.24) is 24.7 Å². The highest BCUT2D eigenvalue weighted by atomic mass is 19.4. The van der Waals surface area contributed by atoms with Gasteiger partial charge >= 0.3 is 6.18 Å². The molecule has 1 amide bonds. The number of aromatic nitrogens is 5. The molecule has 3 aromatic heterocycles. The number of aryl methyl sites for hydroxylation is 1. The van der Waals surface area contributed by atoms with Gasteiger partial charge in [0.2, 0.25) is 5.95 Å². The molecule has 1 N–H and O–H groups in total. The molecule has 0 saturated heterocycles. The number of likely N-dealkylation sites (N-methyl/N-ethyl adjacent to an activating group) is 1. The van der Waals surface area contributed by atoms with Crippen molar-refractivity contribution in [3.8, 4) is 0 Å². The van der Waals surface area contributed by atoms with E-state index in [9.17, 15) is 18.0 Å². The van der Waals surface area contributed by atoms with Crippen molar-refractivity contribution in [3.63, 3.8) is 0 Å². The summed E-state index contributed by atoms with van der Waals surface area (Å²) in [7, 11) is 1.41. The molecular weight excluding hydrogens is 477 g/mol. The molecule has 0 saturated carbocycles. The molecular formula is C23H25F3N8O2. The number of halogens is 3. The lowest BCUT2D eigenvalue weighted by Crippen LogP contribution is -2.56. The Bertz CT molecular complexity index is 1360. The Morgan fingerprint density at radius 3 is 2.83 bits per heavy atom. The molecule has 5 rings (SSSR count). The molecule has 0 aliphatic carbocycles. The quantitative estimate of drug-likeness (QED) is 0.523. The third-order valence-corrected chi connectivity index (χ3v) is 6.02. The number of hydrogen-bond acceptors (Lipinski definition) is 8. The van der Waals surface area contributed by atoms with Gasteiger partial charge in [-0.25, -0.2) is 4.98 Å². The number of hydrogen-bond donors (Lipinski definition) is 1. The molecule has 3 aromatic rings. The number of pyridine rings is 1. The zero-order valence-corrected chi connectivity index (χ0v) is 19.3. The third-order valence-electron chi connectivity index (χ3n) is 6.02. The van der Waals surface area contributed by atoms with E-state index in [0.29, 0.717) is 36.3 Å². The van der Waals surface area contributed by atoms with E-state index < -0.39 is 24.9 Å². The van der Waals surface area contributed by atoms with Crippen LogP contribution in [0.5, 0.6) is 0 Å². The molecule has 2 aliphatic heterocycles. The summed E-state index contributed by atoms with van der Waals surface area (Å²) in [5.74, 6) is -0.0131. The summed E-state index contributed by atoms with van der Waals surface area (Å²) >= 11 is 0. The number of anilines is 3. The van der Waals surface area contributed by atoms with Crippen LogP contribution < -0.4 is 15.1 Å². The van der Waals surface area contributed by atoms with Crippen LogP contribution in [0.1, 0.15) is 33.0 Å². The molecule has 10 nitrogen and oxygen atoms in total. The zero-order valence-electron chi connectivity index (χ0n) is 22.3. The summed E-state index contributed by atoms with van der Waals surface area (Å²) in [5, 5.41) is 7.34. The Balaban J connectivity index is 1.35. The highest BCUT2D eigenvalue weighted by Gasteiger charge is 2.41. The average molecular weight is 506 g/mol. The second-order valence-electron chi connectivity index (χ2n) is 8.55. The molecule has 0 spiro atoms. The van der Waals surface area contributed by atoms with Gasteiger partial charge in [-0.2, -0.15) is 23.3 Å². The maximum absolute atomic E-state index is 13.2. The molecule has 13 heteroatoms. The van der Waals surface area contributed by atoms with Crippen molar-refractivity contribution < 1.29 is 26.8 Å². The van der Waals surface area contributed by atoms with E-state index in [2.05, 4.69) is 25.4 Å². The number of alkyl halides is 3. The largest absolute Gasteiger partial charge is 0.433 e. The van der Waals surface area contributed by atoms with Crippen molar-refractivity contribution in [2.45, 2.75) is 38.1 Å². The van der Waals surface area contributed by atoms with Crippen LogP contribution in [-0.4, -0.2) is 63.9 Å². The maximum atomic E-state index is 13.2. The zero-order chi connectivity index (χ0) is 27.9. The number of methoxy groups -OCH3 is 1. The van der Waals surface area contributed by atoms with Crippen LogP contribution in [-0.2, 0) is 35.2 Å². The highest BCUT2D eigenvalue weighted by Crippen LogP contribution is 2.39. The van der Waals surface area contributed by atoms with Gasteiger partial charge in [0.25, 0.3) is 5.91 Å². The summed E-state index contributed by atoms with van der Waals surface area (Å²) in [6, 6.07) is 1.22. The molecule has 190 valence electrons. The second kappa shape index (κ2) is 9.37. The molecule has 0 fully saturated rings. The lowest BCUT2D eigenvalue weighted by Gasteiger charge is -2.42. The minimum Gasteiger partial charge on any atom is -0.382 e. The number of amides is 1. The van der Waals surface area contributed by atoms with Crippen LogP contribution in [0, 0.1) is 0 Å². The van der Waals surface area contributed by atoms with Crippen molar-refractivity contribution in [1.29, 1.82) is 0 Å². The third kappa shape index (κ3) is 4.57. The van der Waals surface area contributed by atoms with Crippen LogP contribution in [0.4, 0.5) is 30.6 Å². The van der Waals surface area contributed by atoms with Gasteiger partial charge in [-0.3, -0.25) is 14.5 Å². The summed E-state index contributed by atoms with van der Waals surface area (Å²) in [5.41, 5.74) is 1.33. The fraction of sp³-hybridized carbons (Fsp3) is 0.435. The van der Waals surface area contributed by atoms with Crippen LogP contribution >= 0.6 is 0 Å². The SMILES string of the molecule is [2H]C([2H])([2H])N1c2nc(NCc3cnn(Cc4ccc(C(F)(F)F)nc4)c3)nc3c2N(CCC3)C(=O)[C@@H]1COC. The Labute approximate surface area is 209 Å². The molecule has 0 bridgehead atoms. The number of nitrogens with one attached hydrogen (secondary N) is 1. The monoisotopic (exact) mass is 505 g/mol. The van der Waals surface area contributed by atoms with Gasteiger partial charge < -0.3 is 19.9 Å². The van der Waals surface area contributed by atoms with Gasteiger partial charge in [-0.15, -0.1) is 0 Å². The molecule has 0 radical (unpaired) electrons. The first-order valence-corrected chi connectivity index (χ1v) is 11.2. The average Bonchev–Trinajstić information content (AvgIpc) is 3.32. The van der Waals surface area contributed by atoms with Gasteiger partial charge in [0.1, 0.15) is 17.4 Å². The first-order valence-electron chi connectivity index (χ1n) is 12.7. The van der Waals surface area contributed by atoms with Crippen LogP contribution in [0.25, 0.3) is 0 Å². The lowest BCUT2D eigenvalue weighted by molar-refractivity contribution is -0.141. The van der Waals surface area contributed by atoms with Gasteiger partial charge in [0.15, 0.2) is 5.82 Å². The van der Waals surface area contributed by atoms with Crippen molar-refractivity contribution in [3.05, 3.63) is 53.2 Å². The van der Waals surface area contributed by atoms with Gasteiger partial charge in [-0.05, 0) is 24.5 Å². The van der Waals surface area contributed by atoms with E-state index in [4.69, 9.17) is 8.85 Å². The molecule has 0 unspecified atom stereocenters. The van der Waals surface area contributed by atoms with E-state index in [0.717, 1.165) is 22.7 Å². The predicted molar refractivity (Wildman–Crippen MR) is 125 cm³/mol. The normalized spacial score (nSPS) is 18.9. The predicted octanol–water partition coefficient (Wildman–Crippen LogP) is 2.49. The molecule has 5 heterocycles. The minimum absolute atomic E-state index is 0.108. The number of nitrogens with zero attached hydrogens (tertiary/aromatic N) is 7. The first kappa shape index (κ1) is 20.5. The van der Waals surface area contributed by atoms with E-state index >= 15 is 0 Å². The standard InChI is InChI=1S/C23H25F3N8O2/c1-32-17(13-36-2)21(35)34-7-3-4-16-19(34)20(32)31-22(30-16)28-9-15-10-29-33(12-15)11-14-5-6-18(27-8-14)23(24,25)26/h5-6,8,10,12,17H,3-4,7,9,11,13H2,1-2H3,(H,28,30,31)/t17-/m0/s1/i1D3. The Kier molecular flexibility index (Phi) is 5.33. The van der Waals surface area contributed by atoms with Gasteiger partial charge in [0.05, 0.1) is 25.0 Å². The summed E-state index contributed by atoms with van der Waals surface area (Å²) in [4.78, 5) is 28.3. The minimum atomic E-state index is -4.50. The van der Waals surface area contributed by atoms with Crippen LogP contribution in [0.3, 0.4) is 0 Å². The Morgan fingerprint density at radius 1 is 1.25 bits per heavy atom. The van der Waals surface area contributed by atoms with E-state index in [1.807, 2.05) is 0 Å². The molecule has 0 aromatic carbocycles. The summed E-state index contributed by atoms with van der Waals surface area (Å²) < 4.78 is 69.2. The number of ether oxygens (including phenoxy) is 1. The fourth-order valence-corrected chi connectivity index (χ4v) is 4.30. The van der Waals surface area contributed by atoms with Crippen LogP contribution in [0.2, 0.25) is 0 Å². The second-order valence-corrected chi connectivity index (χ2v) is 8.55. The van der Waals surface area contributed by atoms with Crippen molar-refractivity contribution in [2.75, 3.05) is 42.4 Å². The molecule has 36 heavy (non-hydrogen) atoms. The van der Waals surface area contributed by atoms with Crippen molar-refractivity contribution >= 4 is 23.4 Å². The maximum Gasteiger partial charge on any atom is 0.433 e. The first-order chi connectivity index (χ1) is 18.5. The van der Waals surface area contributed by atoms with E-state index in [-0.39, 0.29) is 37.4 Å². The number of carbonyl (C=O) groups excluding carboxylic acids is 1. The topological polar surface area (TPSA) is 101 Å². The Hall–Kier alpha value is -3.74. The van der Waals surface area contributed by atoms with Crippen molar-refractivity contribution in [2.24, 2.45) is 0 Å². The Morgan fingerprint density at radius 2 is 2.11 bits per heavy atom. The van der Waals surface area contributed by atoms with Gasteiger partial charge in [-0.1, -0.05) is 6.07 Å². The smallest absolute Gasteiger partial charge is 0.382 e.